The quantitative estimate of drug-likeness (QED) is 0.246. The maximum absolute atomic E-state index is 13.1. The van der Waals surface area contributed by atoms with Gasteiger partial charge in [0.25, 0.3) is 5.91 Å². The lowest BCUT2D eigenvalue weighted by molar-refractivity contribution is 0.0953. The molecule has 7 heteroatoms. The van der Waals surface area contributed by atoms with E-state index < -0.39 is 11.7 Å². The van der Waals surface area contributed by atoms with E-state index in [1.807, 2.05) is 0 Å². The molecule has 0 saturated carbocycles. The second-order valence-electron chi connectivity index (χ2n) is 3.91. The Morgan fingerprint density at radius 3 is 2.89 bits per heavy atom. The Kier molecular flexibility index (Phi) is 6.08. The molecule has 0 aromatic heterocycles. The summed E-state index contributed by atoms with van der Waals surface area (Å²) < 4.78 is 13.1. The Morgan fingerprint density at radius 2 is 2.21 bits per heavy atom. The fraction of sp³-hybridized carbons (Fsp3) is 0.333. The van der Waals surface area contributed by atoms with Crippen LogP contribution in [0.15, 0.2) is 23.4 Å². The predicted molar refractivity (Wildman–Crippen MR) is 71.0 cm³/mol. The second kappa shape index (κ2) is 7.58. The molecule has 5 nitrogen and oxygen atoms in total. The van der Waals surface area contributed by atoms with Crippen LogP contribution in [0.5, 0.6) is 0 Å². The highest BCUT2D eigenvalue weighted by Gasteiger charge is 2.12. The van der Waals surface area contributed by atoms with Crippen LogP contribution in [0, 0.1) is 5.82 Å². The van der Waals surface area contributed by atoms with Gasteiger partial charge in [-0.15, -0.1) is 0 Å². The molecule has 4 N–H and O–H groups in total. The van der Waals surface area contributed by atoms with Crippen molar-refractivity contribution in [1.29, 1.82) is 0 Å². The molecule has 1 aromatic carbocycles. The Hall–Kier alpha value is -1.82. The van der Waals surface area contributed by atoms with E-state index in [9.17, 15) is 9.18 Å². The molecule has 0 aliphatic carbocycles. The average Bonchev–Trinajstić information content (AvgIpc) is 2.40. The molecule has 104 valence electrons. The molecular formula is C12H15ClFN3O2. The highest BCUT2D eigenvalue weighted by Crippen LogP contribution is 2.19. The smallest absolute Gasteiger partial charge is 0.252 e. The summed E-state index contributed by atoms with van der Waals surface area (Å²) in [6.45, 7) is 0.407. The Labute approximate surface area is 115 Å². The van der Waals surface area contributed by atoms with Crippen molar-refractivity contribution in [3.63, 3.8) is 0 Å². The van der Waals surface area contributed by atoms with Crippen LogP contribution in [0.2, 0.25) is 5.02 Å². The first kappa shape index (κ1) is 15.2. The van der Waals surface area contributed by atoms with Crippen LogP contribution in [-0.4, -0.2) is 23.5 Å². The molecule has 0 fully saturated rings. The van der Waals surface area contributed by atoms with Gasteiger partial charge in [-0.3, -0.25) is 4.79 Å². The van der Waals surface area contributed by atoms with E-state index in [4.69, 9.17) is 22.5 Å². The molecule has 0 spiro atoms. The Morgan fingerprint density at radius 1 is 1.47 bits per heavy atom. The molecule has 0 saturated heterocycles. The summed E-state index contributed by atoms with van der Waals surface area (Å²) in [5.41, 5.74) is 5.41. The van der Waals surface area contributed by atoms with E-state index >= 15 is 0 Å². The molecule has 0 bridgehead atoms. The van der Waals surface area contributed by atoms with Gasteiger partial charge in [0.2, 0.25) is 0 Å². The molecule has 1 rings (SSSR count). The minimum atomic E-state index is -0.624. The van der Waals surface area contributed by atoms with Crippen LogP contribution < -0.4 is 11.1 Å². The van der Waals surface area contributed by atoms with Crippen LogP contribution in [0.3, 0.4) is 0 Å². The van der Waals surface area contributed by atoms with Gasteiger partial charge < -0.3 is 16.3 Å². The fourth-order valence-corrected chi connectivity index (χ4v) is 1.67. The lowest BCUT2D eigenvalue weighted by atomic mass is 10.2. The van der Waals surface area contributed by atoms with Crippen molar-refractivity contribution >= 4 is 23.3 Å². The average molecular weight is 288 g/mol. The summed E-state index contributed by atoms with van der Waals surface area (Å²) in [6, 6.07) is 4.07. The number of unbranched alkanes of at least 4 members (excludes halogenated alkanes) is 1. The van der Waals surface area contributed by atoms with Crippen molar-refractivity contribution in [1.82, 2.24) is 5.32 Å². The number of carbonyl (C=O) groups excluding carboxylic acids is 1. The van der Waals surface area contributed by atoms with E-state index in [0.717, 1.165) is 0 Å². The summed E-state index contributed by atoms with van der Waals surface area (Å²) in [5.74, 6) is -0.894. The number of oxime groups is 1. The van der Waals surface area contributed by atoms with Gasteiger partial charge >= 0.3 is 0 Å². The van der Waals surface area contributed by atoms with Crippen molar-refractivity contribution in [2.75, 3.05) is 6.54 Å². The monoisotopic (exact) mass is 287 g/mol. The zero-order valence-corrected chi connectivity index (χ0v) is 11.0. The zero-order chi connectivity index (χ0) is 14.3. The number of nitrogens with one attached hydrogen (secondary N) is 1. The maximum Gasteiger partial charge on any atom is 0.252 e. The highest BCUT2D eigenvalue weighted by molar-refractivity contribution is 6.34. The van der Waals surface area contributed by atoms with Gasteiger partial charge in [0.1, 0.15) is 11.7 Å². The minimum Gasteiger partial charge on any atom is -0.409 e. The number of nitrogens with zero attached hydrogens (tertiary/aromatic N) is 1. The minimum absolute atomic E-state index is 0.109. The molecule has 0 aliphatic rings. The first-order chi connectivity index (χ1) is 9.06. The van der Waals surface area contributed by atoms with Gasteiger partial charge in [-0.25, -0.2) is 4.39 Å². The third-order valence-electron chi connectivity index (χ3n) is 2.47. The summed E-state index contributed by atoms with van der Waals surface area (Å²) >= 11 is 5.69. The Balaban J connectivity index is 2.38. The van der Waals surface area contributed by atoms with Crippen molar-refractivity contribution in [3.05, 3.63) is 34.6 Å². The van der Waals surface area contributed by atoms with Crippen LogP contribution in [0.1, 0.15) is 29.6 Å². The van der Waals surface area contributed by atoms with Crippen LogP contribution >= 0.6 is 11.6 Å². The lowest BCUT2D eigenvalue weighted by Crippen LogP contribution is -2.25. The molecule has 1 amide bonds. The molecule has 0 aliphatic heterocycles. The molecule has 0 atom stereocenters. The molecule has 1 aromatic rings. The van der Waals surface area contributed by atoms with Crippen LogP contribution in [0.4, 0.5) is 4.39 Å². The summed E-state index contributed by atoms with van der Waals surface area (Å²) in [5, 5.41) is 13.6. The SMILES string of the molecule is N/C(CCCCNC(=O)c1cccc(F)c1Cl)=N/O. The van der Waals surface area contributed by atoms with E-state index in [0.29, 0.717) is 25.8 Å². The zero-order valence-electron chi connectivity index (χ0n) is 10.2. The number of amides is 1. The third kappa shape index (κ3) is 4.75. The molecular weight excluding hydrogens is 273 g/mol. The van der Waals surface area contributed by atoms with Gasteiger partial charge in [0.15, 0.2) is 0 Å². The van der Waals surface area contributed by atoms with Crippen molar-refractivity contribution in [2.45, 2.75) is 19.3 Å². The number of hydrogen-bond donors (Lipinski definition) is 3. The number of carbonyl (C=O) groups is 1. The molecule has 19 heavy (non-hydrogen) atoms. The van der Waals surface area contributed by atoms with E-state index in [2.05, 4.69) is 10.5 Å². The van der Waals surface area contributed by atoms with Gasteiger partial charge in [-0.05, 0) is 25.0 Å². The molecule has 0 heterocycles. The third-order valence-corrected chi connectivity index (χ3v) is 2.85. The normalized spacial score (nSPS) is 11.4. The van der Waals surface area contributed by atoms with Crippen LogP contribution in [-0.2, 0) is 0 Å². The summed E-state index contributed by atoms with van der Waals surface area (Å²) in [7, 11) is 0. The highest BCUT2D eigenvalue weighted by atomic mass is 35.5. The first-order valence-corrected chi connectivity index (χ1v) is 6.12. The maximum atomic E-state index is 13.1. The van der Waals surface area contributed by atoms with Crippen molar-refractivity contribution in [3.8, 4) is 0 Å². The predicted octanol–water partition coefficient (Wildman–Crippen LogP) is 2.13. The van der Waals surface area contributed by atoms with Gasteiger partial charge in [0, 0.05) is 13.0 Å². The number of benzene rings is 1. The summed E-state index contributed by atoms with van der Waals surface area (Å²) in [4.78, 5) is 11.7. The van der Waals surface area contributed by atoms with E-state index in [-0.39, 0.29) is 16.4 Å². The number of nitrogens with two attached hydrogens (primary N) is 1. The first-order valence-electron chi connectivity index (χ1n) is 5.75. The standard InChI is InChI=1S/C12H15ClFN3O2/c13-11-8(4-3-5-9(11)14)12(18)16-7-2-1-6-10(15)17-19/h3-5,19H,1-2,6-7H2,(H2,15,17)(H,16,18). The van der Waals surface area contributed by atoms with Crippen molar-refractivity contribution in [2.24, 2.45) is 10.9 Å². The molecule has 0 radical (unpaired) electrons. The fourth-order valence-electron chi connectivity index (χ4n) is 1.46. The van der Waals surface area contributed by atoms with Gasteiger partial charge in [0.05, 0.1) is 10.6 Å². The van der Waals surface area contributed by atoms with Gasteiger partial charge in [-0.1, -0.05) is 22.8 Å². The second-order valence-corrected chi connectivity index (χ2v) is 4.28. The van der Waals surface area contributed by atoms with Crippen molar-refractivity contribution < 1.29 is 14.4 Å². The topological polar surface area (TPSA) is 87.7 Å². The number of halogens is 2. The Bertz CT molecular complexity index is 480. The van der Waals surface area contributed by atoms with Crippen LogP contribution in [0.25, 0.3) is 0 Å². The van der Waals surface area contributed by atoms with E-state index in [1.165, 1.54) is 18.2 Å². The summed E-state index contributed by atoms with van der Waals surface area (Å²) in [6.07, 6.45) is 1.79. The van der Waals surface area contributed by atoms with Gasteiger partial charge in [-0.2, -0.15) is 0 Å². The number of amidine groups is 1. The number of rotatable bonds is 6. The lowest BCUT2D eigenvalue weighted by Gasteiger charge is -2.07. The number of hydrogen-bond acceptors (Lipinski definition) is 3. The largest absolute Gasteiger partial charge is 0.409 e. The molecule has 0 unspecified atom stereocenters. The van der Waals surface area contributed by atoms with E-state index in [1.54, 1.807) is 0 Å².